The van der Waals surface area contributed by atoms with Crippen molar-refractivity contribution in [2.75, 3.05) is 6.61 Å². The van der Waals surface area contributed by atoms with E-state index in [1.54, 1.807) is 48.5 Å². The predicted octanol–water partition coefficient (Wildman–Crippen LogP) is 3.69. The van der Waals surface area contributed by atoms with Crippen molar-refractivity contribution >= 4 is 35.1 Å². The molecule has 0 fully saturated rings. The number of fused-ring (bicyclic) bond motifs is 1. The van der Waals surface area contributed by atoms with Crippen LogP contribution in [0.5, 0.6) is 11.5 Å². The lowest BCUT2D eigenvalue weighted by Crippen LogP contribution is -2.36. The maximum Gasteiger partial charge on any atom is 0.330 e. The minimum absolute atomic E-state index is 0.222. The van der Waals surface area contributed by atoms with Crippen molar-refractivity contribution in [3.63, 3.8) is 0 Å². The number of hydrogen-bond acceptors (Lipinski definition) is 6. The first-order valence-electron chi connectivity index (χ1n) is 9.33. The molecule has 1 aliphatic heterocycles. The molecule has 0 radical (unpaired) electrons. The number of Topliss-reactive ketones (excluding diaryl/α,β-unsaturated/α-hetero) is 1. The molecule has 1 amide bonds. The van der Waals surface area contributed by atoms with E-state index in [0.29, 0.717) is 22.6 Å². The summed E-state index contributed by atoms with van der Waals surface area (Å²) in [4.78, 5) is 37.1. The van der Waals surface area contributed by atoms with Gasteiger partial charge in [0.1, 0.15) is 11.5 Å². The number of carbonyl (C=O) groups is 3. The van der Waals surface area contributed by atoms with E-state index in [1.807, 2.05) is 17.5 Å². The molecule has 1 atom stereocenters. The maximum absolute atomic E-state index is 12.5. The van der Waals surface area contributed by atoms with Gasteiger partial charge in [0.25, 0.3) is 5.91 Å². The molecule has 0 saturated carbocycles. The molecule has 31 heavy (non-hydrogen) atoms. The first-order chi connectivity index (χ1) is 15.0. The summed E-state index contributed by atoms with van der Waals surface area (Å²) in [7, 11) is 0. The van der Waals surface area contributed by atoms with E-state index in [0.717, 1.165) is 4.88 Å². The Labute approximate surface area is 181 Å². The molecular weight excluding hydrogens is 418 g/mol. The Hall–Kier alpha value is -3.91. The predicted molar refractivity (Wildman–Crippen MR) is 114 cm³/mol. The molecule has 2 heterocycles. The Bertz CT molecular complexity index is 1150. The van der Waals surface area contributed by atoms with Crippen LogP contribution in [0.4, 0.5) is 0 Å². The molecule has 0 spiro atoms. The van der Waals surface area contributed by atoms with Gasteiger partial charge in [-0.05, 0) is 29.1 Å². The molecule has 7 nitrogen and oxygen atoms in total. The number of ketones is 1. The Morgan fingerprint density at radius 1 is 1.13 bits per heavy atom. The highest BCUT2D eigenvalue weighted by atomic mass is 32.1. The highest BCUT2D eigenvalue weighted by molar-refractivity contribution is 7.10. The van der Waals surface area contributed by atoms with Crippen LogP contribution in [-0.2, 0) is 9.59 Å². The molecule has 8 heteroatoms. The largest absolute Gasteiger partial charge is 0.484 e. The normalized spacial score (nSPS) is 14.6. The second kappa shape index (κ2) is 8.85. The second-order valence-electron chi connectivity index (χ2n) is 6.65. The minimum atomic E-state index is -1.18. The van der Waals surface area contributed by atoms with E-state index in [2.05, 4.69) is 5.32 Å². The molecule has 1 aliphatic rings. The van der Waals surface area contributed by atoms with Crippen LogP contribution in [0.2, 0.25) is 0 Å². The number of nitrogens with one attached hydrogen (secondary N) is 1. The first-order valence-corrected chi connectivity index (χ1v) is 10.2. The van der Waals surface area contributed by atoms with E-state index in [4.69, 9.17) is 9.47 Å². The summed E-state index contributed by atoms with van der Waals surface area (Å²) >= 11 is 1.49. The topological polar surface area (TPSA) is 102 Å². The zero-order valence-electron chi connectivity index (χ0n) is 16.1. The monoisotopic (exact) mass is 435 g/mol. The highest BCUT2D eigenvalue weighted by Gasteiger charge is 2.28. The summed E-state index contributed by atoms with van der Waals surface area (Å²) in [6.07, 6.45) is 1.68. The number of rotatable bonds is 7. The molecule has 156 valence electrons. The fourth-order valence-electron chi connectivity index (χ4n) is 3.04. The lowest BCUT2D eigenvalue weighted by molar-refractivity contribution is -0.142. The molecule has 0 unspecified atom stereocenters. The van der Waals surface area contributed by atoms with E-state index in [9.17, 15) is 19.5 Å². The van der Waals surface area contributed by atoms with Gasteiger partial charge in [-0.15, -0.1) is 11.3 Å². The molecule has 4 rings (SSSR count). The summed E-state index contributed by atoms with van der Waals surface area (Å²) < 4.78 is 11.1. The summed E-state index contributed by atoms with van der Waals surface area (Å²) in [6.45, 7) is -0.388. The summed E-state index contributed by atoms with van der Waals surface area (Å²) in [5.74, 6) is -1.09. The van der Waals surface area contributed by atoms with Gasteiger partial charge in [0.05, 0.1) is 5.56 Å². The average Bonchev–Trinajstić information content (AvgIpc) is 3.39. The second-order valence-corrected chi connectivity index (χ2v) is 7.63. The summed E-state index contributed by atoms with van der Waals surface area (Å²) in [5.41, 5.74) is 0.868. The molecule has 2 N–H and O–H groups in total. The zero-order valence-corrected chi connectivity index (χ0v) is 16.9. The van der Waals surface area contributed by atoms with Crippen molar-refractivity contribution in [1.29, 1.82) is 0 Å². The molecule has 0 aliphatic carbocycles. The third-order valence-electron chi connectivity index (χ3n) is 4.51. The van der Waals surface area contributed by atoms with Gasteiger partial charge in [-0.25, -0.2) is 4.79 Å². The van der Waals surface area contributed by atoms with Crippen molar-refractivity contribution in [3.05, 3.63) is 87.8 Å². The van der Waals surface area contributed by atoms with Gasteiger partial charge < -0.3 is 19.9 Å². The first kappa shape index (κ1) is 20.4. The zero-order chi connectivity index (χ0) is 21.8. The lowest BCUT2D eigenvalue weighted by atomic mass is 10.1. The van der Waals surface area contributed by atoms with Crippen molar-refractivity contribution in [2.45, 2.75) is 6.04 Å². The average molecular weight is 435 g/mol. The van der Waals surface area contributed by atoms with Gasteiger partial charge in [-0.2, -0.15) is 0 Å². The van der Waals surface area contributed by atoms with Crippen LogP contribution in [0.3, 0.4) is 0 Å². The van der Waals surface area contributed by atoms with Crippen LogP contribution in [-0.4, -0.2) is 29.4 Å². The van der Waals surface area contributed by atoms with E-state index in [1.165, 1.54) is 17.4 Å². The third kappa shape index (κ3) is 4.65. The van der Waals surface area contributed by atoms with Crippen LogP contribution in [0.15, 0.2) is 71.8 Å². The van der Waals surface area contributed by atoms with Crippen LogP contribution >= 0.6 is 11.3 Å². The summed E-state index contributed by atoms with van der Waals surface area (Å²) in [5, 5.41) is 13.7. The Balaban J connectivity index is 1.40. The van der Waals surface area contributed by atoms with Gasteiger partial charge in [0, 0.05) is 17.0 Å². The van der Waals surface area contributed by atoms with Gasteiger partial charge in [-0.3, -0.25) is 9.59 Å². The highest BCUT2D eigenvalue weighted by Crippen LogP contribution is 2.35. The Morgan fingerprint density at radius 3 is 2.65 bits per heavy atom. The standard InChI is InChI=1S/C23H17NO6S/c25-20(24-21(23(27)28)14-5-2-1-3-6-14)13-29-15-8-9-17-18(11-15)30-19(22(17)26)12-16-7-4-10-31-16/h1-12,21H,13H2,(H,24,25)(H,27,28)/b19-12-/t21-/m0/s1. The molecular formula is C23H17NO6S. The van der Waals surface area contributed by atoms with Gasteiger partial charge in [0.15, 0.2) is 18.4 Å². The van der Waals surface area contributed by atoms with E-state index < -0.39 is 17.9 Å². The smallest absolute Gasteiger partial charge is 0.330 e. The van der Waals surface area contributed by atoms with Crippen LogP contribution < -0.4 is 14.8 Å². The number of aliphatic carboxylic acids is 1. The SMILES string of the molecule is O=C(COc1ccc2c(c1)O/C(=C\c1cccs1)C2=O)N[C@H](C(=O)O)c1ccccc1. The van der Waals surface area contributed by atoms with E-state index in [-0.39, 0.29) is 18.1 Å². The fourth-order valence-corrected chi connectivity index (χ4v) is 3.69. The number of carboxylic acids is 1. The number of amides is 1. The maximum atomic E-state index is 12.5. The number of benzene rings is 2. The third-order valence-corrected chi connectivity index (χ3v) is 5.33. The van der Waals surface area contributed by atoms with Crippen molar-refractivity contribution in [3.8, 4) is 11.5 Å². The number of thiophene rings is 1. The minimum Gasteiger partial charge on any atom is -0.484 e. The molecule has 2 aromatic carbocycles. The van der Waals surface area contributed by atoms with Crippen molar-refractivity contribution < 1.29 is 29.0 Å². The van der Waals surface area contributed by atoms with Gasteiger partial charge in [-0.1, -0.05) is 36.4 Å². The molecule has 3 aromatic rings. The van der Waals surface area contributed by atoms with Crippen molar-refractivity contribution in [1.82, 2.24) is 5.32 Å². The van der Waals surface area contributed by atoms with Crippen LogP contribution in [0.25, 0.3) is 6.08 Å². The van der Waals surface area contributed by atoms with Crippen LogP contribution in [0, 0.1) is 0 Å². The Kier molecular flexibility index (Phi) is 5.81. The molecule has 1 aromatic heterocycles. The van der Waals surface area contributed by atoms with Gasteiger partial charge >= 0.3 is 5.97 Å². The molecule has 0 saturated heterocycles. The lowest BCUT2D eigenvalue weighted by Gasteiger charge is -2.15. The number of hydrogen-bond donors (Lipinski definition) is 2. The summed E-state index contributed by atoms with van der Waals surface area (Å²) in [6, 6.07) is 15.6. The Morgan fingerprint density at radius 2 is 1.94 bits per heavy atom. The van der Waals surface area contributed by atoms with Crippen molar-refractivity contribution in [2.24, 2.45) is 0 Å². The number of ether oxygens (including phenoxy) is 2. The van der Waals surface area contributed by atoms with E-state index >= 15 is 0 Å². The number of allylic oxidation sites excluding steroid dienone is 1. The number of carbonyl (C=O) groups excluding carboxylic acids is 2. The number of carboxylic acid groups (broad SMARTS) is 1. The quantitative estimate of drug-likeness (QED) is 0.549. The van der Waals surface area contributed by atoms with Crippen LogP contribution in [0.1, 0.15) is 26.8 Å². The van der Waals surface area contributed by atoms with Gasteiger partial charge in [0.2, 0.25) is 5.78 Å². The fraction of sp³-hybridized carbons (Fsp3) is 0.0870. The molecule has 0 bridgehead atoms.